The molecule has 2 heteroatoms. The van der Waals surface area contributed by atoms with Gasteiger partial charge in [0.25, 0.3) is 0 Å². The van der Waals surface area contributed by atoms with Crippen molar-refractivity contribution >= 4 is 11.0 Å². The first kappa shape index (κ1) is 20.3. The van der Waals surface area contributed by atoms with E-state index in [1.165, 1.54) is 33.3 Å². The van der Waals surface area contributed by atoms with Crippen LogP contribution in [0.3, 0.4) is 0 Å². The molecule has 158 valence electrons. The third kappa shape index (κ3) is 4.22. The minimum absolute atomic E-state index is 0.549. The monoisotopic (exact) mass is 416 g/mol. The predicted octanol–water partition coefficient (Wildman–Crippen LogP) is 7.47. The zero-order valence-corrected chi connectivity index (χ0v) is 18.7. The minimum atomic E-state index is 0.549. The average molecular weight is 417 g/mol. The average Bonchev–Trinajstić information content (AvgIpc) is 3.17. The quantitative estimate of drug-likeness (QED) is 0.281. The van der Waals surface area contributed by atoms with Gasteiger partial charge in [0, 0.05) is 13.0 Å². The topological polar surface area (TPSA) is 17.8 Å². The summed E-state index contributed by atoms with van der Waals surface area (Å²) in [5.74, 6) is 1.65. The molecule has 4 aromatic carbocycles. The third-order valence-corrected chi connectivity index (χ3v) is 6.14. The van der Waals surface area contributed by atoms with Gasteiger partial charge in [0.1, 0.15) is 5.82 Å². The van der Waals surface area contributed by atoms with Gasteiger partial charge < -0.3 is 4.57 Å². The number of hydrogen-bond acceptors (Lipinski definition) is 1. The minimum Gasteiger partial charge on any atom is -0.323 e. The van der Waals surface area contributed by atoms with Crippen LogP contribution in [0, 0.1) is 0 Å². The third-order valence-electron chi connectivity index (χ3n) is 6.14. The second-order valence-corrected chi connectivity index (χ2v) is 8.74. The summed E-state index contributed by atoms with van der Waals surface area (Å²) >= 11 is 0. The van der Waals surface area contributed by atoms with Crippen LogP contribution in [0.25, 0.3) is 22.2 Å². The van der Waals surface area contributed by atoms with Crippen molar-refractivity contribution in [2.24, 2.45) is 0 Å². The first-order valence-electron chi connectivity index (χ1n) is 11.3. The highest BCUT2D eigenvalue weighted by Gasteiger charge is 2.12. The van der Waals surface area contributed by atoms with E-state index >= 15 is 0 Å². The molecule has 0 aliphatic heterocycles. The summed E-state index contributed by atoms with van der Waals surface area (Å²) < 4.78 is 2.37. The van der Waals surface area contributed by atoms with Crippen LogP contribution in [-0.4, -0.2) is 9.55 Å². The van der Waals surface area contributed by atoms with E-state index in [9.17, 15) is 0 Å². The molecule has 0 saturated carbocycles. The van der Waals surface area contributed by atoms with Crippen molar-refractivity contribution in [1.29, 1.82) is 0 Å². The van der Waals surface area contributed by atoms with Gasteiger partial charge in [-0.15, -0.1) is 0 Å². The SMILES string of the molecule is CC(C)c1ccc(Cn2c(Cc3ccc(-c4ccccc4)cc3)nc3ccccc32)cc1. The fourth-order valence-corrected chi connectivity index (χ4v) is 4.26. The van der Waals surface area contributed by atoms with Gasteiger partial charge in [0.05, 0.1) is 11.0 Å². The highest BCUT2D eigenvalue weighted by molar-refractivity contribution is 5.76. The van der Waals surface area contributed by atoms with E-state index in [4.69, 9.17) is 4.98 Å². The summed E-state index contributed by atoms with van der Waals surface area (Å²) in [5, 5.41) is 0. The number of rotatable bonds is 6. The van der Waals surface area contributed by atoms with E-state index in [-0.39, 0.29) is 0 Å². The molecule has 0 radical (unpaired) electrons. The summed E-state index contributed by atoms with van der Waals surface area (Å²) in [6, 6.07) is 36.8. The van der Waals surface area contributed by atoms with Crippen molar-refractivity contribution in [1.82, 2.24) is 9.55 Å². The standard InChI is InChI=1S/C30H28N2/c1-22(2)25-16-14-24(15-17-25)21-32-29-11-7-6-10-28(29)31-30(32)20-23-12-18-27(19-13-23)26-8-4-3-5-9-26/h3-19,22H,20-21H2,1-2H3. The lowest BCUT2D eigenvalue weighted by atomic mass is 10.0. The molecule has 2 nitrogen and oxygen atoms in total. The number of imidazole rings is 1. The molecule has 0 bridgehead atoms. The van der Waals surface area contributed by atoms with Gasteiger partial charge in [-0.1, -0.05) is 105 Å². The van der Waals surface area contributed by atoms with Gasteiger partial charge in [-0.25, -0.2) is 4.98 Å². The smallest absolute Gasteiger partial charge is 0.114 e. The summed E-state index contributed by atoms with van der Waals surface area (Å²) in [6.07, 6.45) is 0.813. The van der Waals surface area contributed by atoms with Crippen LogP contribution in [0.1, 0.15) is 42.3 Å². The molecule has 0 spiro atoms. The summed E-state index contributed by atoms with van der Waals surface area (Å²) in [4.78, 5) is 4.99. The van der Waals surface area contributed by atoms with Gasteiger partial charge in [0.2, 0.25) is 0 Å². The normalized spacial score (nSPS) is 11.3. The van der Waals surface area contributed by atoms with Crippen molar-refractivity contribution in [2.45, 2.75) is 32.7 Å². The highest BCUT2D eigenvalue weighted by atomic mass is 15.1. The molecule has 0 unspecified atom stereocenters. The Morgan fingerprint density at radius 3 is 2.00 bits per heavy atom. The maximum Gasteiger partial charge on any atom is 0.114 e. The van der Waals surface area contributed by atoms with Crippen molar-refractivity contribution in [2.75, 3.05) is 0 Å². The van der Waals surface area contributed by atoms with Gasteiger partial charge >= 0.3 is 0 Å². The zero-order chi connectivity index (χ0) is 21.9. The lowest BCUT2D eigenvalue weighted by Gasteiger charge is -2.12. The molecular formula is C30H28N2. The molecule has 1 aromatic heterocycles. The van der Waals surface area contributed by atoms with E-state index in [0.717, 1.165) is 24.3 Å². The molecule has 0 saturated heterocycles. The Hall–Kier alpha value is -3.65. The number of benzene rings is 4. The van der Waals surface area contributed by atoms with Crippen LogP contribution in [0.4, 0.5) is 0 Å². The lowest BCUT2D eigenvalue weighted by molar-refractivity contribution is 0.761. The predicted molar refractivity (Wildman–Crippen MR) is 134 cm³/mol. The Labute approximate surface area is 190 Å². The molecule has 32 heavy (non-hydrogen) atoms. The van der Waals surface area contributed by atoms with Crippen LogP contribution in [0.5, 0.6) is 0 Å². The summed E-state index contributed by atoms with van der Waals surface area (Å²) in [6.45, 7) is 5.30. The van der Waals surface area contributed by atoms with E-state index in [1.54, 1.807) is 0 Å². The second kappa shape index (κ2) is 8.84. The van der Waals surface area contributed by atoms with Crippen molar-refractivity contribution in [3.8, 4) is 11.1 Å². The summed E-state index contributed by atoms with van der Waals surface area (Å²) in [5.41, 5.74) is 8.69. The molecule has 1 heterocycles. The molecule has 0 fully saturated rings. The summed E-state index contributed by atoms with van der Waals surface area (Å²) in [7, 11) is 0. The van der Waals surface area contributed by atoms with Gasteiger partial charge in [-0.3, -0.25) is 0 Å². The fraction of sp³-hybridized carbons (Fsp3) is 0.167. The van der Waals surface area contributed by atoms with Gasteiger partial charge in [-0.05, 0) is 45.9 Å². The first-order chi connectivity index (χ1) is 15.7. The number of aromatic nitrogens is 2. The molecule has 5 aromatic rings. The Morgan fingerprint density at radius 2 is 1.28 bits per heavy atom. The Bertz CT molecular complexity index is 1310. The fourth-order valence-electron chi connectivity index (χ4n) is 4.26. The van der Waals surface area contributed by atoms with Crippen LogP contribution in [-0.2, 0) is 13.0 Å². The van der Waals surface area contributed by atoms with Crippen molar-refractivity contribution in [3.05, 3.63) is 126 Å². The van der Waals surface area contributed by atoms with Gasteiger partial charge in [0.15, 0.2) is 0 Å². The Morgan fingerprint density at radius 1 is 0.656 bits per heavy atom. The second-order valence-electron chi connectivity index (χ2n) is 8.74. The highest BCUT2D eigenvalue weighted by Crippen LogP contribution is 2.24. The van der Waals surface area contributed by atoms with Crippen LogP contribution < -0.4 is 0 Å². The molecular weight excluding hydrogens is 388 g/mol. The van der Waals surface area contributed by atoms with E-state index in [2.05, 4.69) is 122 Å². The first-order valence-corrected chi connectivity index (χ1v) is 11.3. The molecule has 5 rings (SSSR count). The van der Waals surface area contributed by atoms with E-state index in [0.29, 0.717) is 5.92 Å². The Kier molecular flexibility index (Phi) is 5.60. The molecule has 0 atom stereocenters. The zero-order valence-electron chi connectivity index (χ0n) is 18.7. The lowest BCUT2D eigenvalue weighted by Crippen LogP contribution is -2.06. The van der Waals surface area contributed by atoms with Crippen molar-refractivity contribution in [3.63, 3.8) is 0 Å². The maximum atomic E-state index is 4.99. The number of para-hydroxylation sites is 2. The number of hydrogen-bond donors (Lipinski definition) is 0. The van der Waals surface area contributed by atoms with Crippen LogP contribution >= 0.6 is 0 Å². The van der Waals surface area contributed by atoms with E-state index < -0.39 is 0 Å². The molecule has 0 aliphatic rings. The largest absolute Gasteiger partial charge is 0.323 e. The van der Waals surface area contributed by atoms with Crippen LogP contribution in [0.2, 0.25) is 0 Å². The van der Waals surface area contributed by atoms with E-state index in [1.807, 2.05) is 0 Å². The number of nitrogens with zero attached hydrogens (tertiary/aromatic N) is 2. The van der Waals surface area contributed by atoms with Crippen LogP contribution in [0.15, 0.2) is 103 Å². The maximum absolute atomic E-state index is 4.99. The Balaban J connectivity index is 1.45. The molecule has 0 N–H and O–H groups in total. The van der Waals surface area contributed by atoms with Gasteiger partial charge in [-0.2, -0.15) is 0 Å². The number of fused-ring (bicyclic) bond motifs is 1. The molecule has 0 amide bonds. The van der Waals surface area contributed by atoms with Crippen molar-refractivity contribution < 1.29 is 0 Å². The molecule has 0 aliphatic carbocycles.